The highest BCUT2D eigenvalue weighted by atomic mass is 32.2. The molecule has 0 radical (unpaired) electrons. The van der Waals surface area contributed by atoms with Crippen LogP contribution < -0.4 is 10.5 Å². The molecule has 1 aliphatic rings. The quantitative estimate of drug-likeness (QED) is 0.754. The molecule has 2 rings (SSSR count). The first-order valence-electron chi connectivity index (χ1n) is 6.24. The van der Waals surface area contributed by atoms with Gasteiger partial charge < -0.3 is 10.4 Å². The van der Waals surface area contributed by atoms with Crippen LogP contribution in [0.2, 0.25) is 0 Å². The van der Waals surface area contributed by atoms with E-state index < -0.39 is 10.0 Å². The standard InChI is InChI=1S/C13H20N2O3S/c1-13(2)11(7-12(13)16)15-8-9-4-3-5-10(6-9)19(14,17)18/h3-6,11-12,15-16H,7-8H2,1-2H3,(H2,14,17,18). The van der Waals surface area contributed by atoms with E-state index in [1.54, 1.807) is 12.1 Å². The van der Waals surface area contributed by atoms with E-state index in [0.29, 0.717) is 6.54 Å². The molecule has 4 N–H and O–H groups in total. The van der Waals surface area contributed by atoms with E-state index >= 15 is 0 Å². The van der Waals surface area contributed by atoms with Crippen molar-refractivity contribution in [2.75, 3.05) is 0 Å². The zero-order chi connectivity index (χ0) is 14.3. The molecule has 0 aromatic heterocycles. The summed E-state index contributed by atoms with van der Waals surface area (Å²) < 4.78 is 22.5. The average Bonchev–Trinajstić information content (AvgIpc) is 2.33. The number of nitrogens with one attached hydrogen (secondary N) is 1. The number of benzene rings is 1. The van der Waals surface area contributed by atoms with E-state index in [9.17, 15) is 13.5 Å². The number of rotatable bonds is 4. The second-order valence-electron chi connectivity index (χ2n) is 5.70. The summed E-state index contributed by atoms with van der Waals surface area (Å²) in [5.41, 5.74) is 0.723. The van der Waals surface area contributed by atoms with Crippen molar-refractivity contribution in [3.63, 3.8) is 0 Å². The highest BCUT2D eigenvalue weighted by molar-refractivity contribution is 7.89. The van der Waals surface area contributed by atoms with Crippen molar-refractivity contribution in [1.82, 2.24) is 5.32 Å². The lowest BCUT2D eigenvalue weighted by atomic mass is 9.64. The smallest absolute Gasteiger partial charge is 0.238 e. The summed E-state index contributed by atoms with van der Waals surface area (Å²) in [6, 6.07) is 6.82. The molecule has 1 fully saturated rings. The van der Waals surface area contributed by atoms with Crippen molar-refractivity contribution in [1.29, 1.82) is 0 Å². The van der Waals surface area contributed by atoms with Crippen molar-refractivity contribution >= 4 is 10.0 Å². The van der Waals surface area contributed by atoms with Crippen molar-refractivity contribution in [2.45, 2.75) is 43.9 Å². The average molecular weight is 284 g/mol. The maximum absolute atomic E-state index is 11.3. The second kappa shape index (κ2) is 4.86. The number of hydrogen-bond acceptors (Lipinski definition) is 4. The van der Waals surface area contributed by atoms with Gasteiger partial charge in [0.25, 0.3) is 0 Å². The van der Waals surface area contributed by atoms with Crippen LogP contribution in [0, 0.1) is 5.41 Å². The van der Waals surface area contributed by atoms with Gasteiger partial charge >= 0.3 is 0 Å². The normalized spacial score (nSPS) is 25.9. The predicted molar refractivity (Wildman–Crippen MR) is 72.8 cm³/mol. The van der Waals surface area contributed by atoms with E-state index in [-0.39, 0.29) is 22.5 Å². The summed E-state index contributed by atoms with van der Waals surface area (Å²) in [5, 5.41) is 18.1. The van der Waals surface area contributed by atoms with E-state index in [4.69, 9.17) is 5.14 Å². The molecule has 1 aliphatic carbocycles. The fourth-order valence-corrected chi connectivity index (χ4v) is 2.91. The van der Waals surface area contributed by atoms with Crippen LogP contribution in [-0.4, -0.2) is 25.7 Å². The highest BCUT2D eigenvalue weighted by Gasteiger charge is 2.46. The summed E-state index contributed by atoms with van der Waals surface area (Å²) in [4.78, 5) is 0.125. The van der Waals surface area contributed by atoms with Gasteiger partial charge in [0.05, 0.1) is 11.0 Å². The van der Waals surface area contributed by atoms with Crippen LogP contribution in [0.25, 0.3) is 0 Å². The molecule has 2 unspecified atom stereocenters. The van der Waals surface area contributed by atoms with Gasteiger partial charge in [0.2, 0.25) is 10.0 Å². The minimum absolute atomic E-state index is 0.125. The Balaban J connectivity index is 2.02. The maximum atomic E-state index is 11.3. The summed E-state index contributed by atoms with van der Waals surface area (Å²) >= 11 is 0. The predicted octanol–water partition coefficient (Wildman–Crippen LogP) is 0.583. The lowest BCUT2D eigenvalue weighted by molar-refractivity contribution is -0.0729. The van der Waals surface area contributed by atoms with Crippen LogP contribution in [0.5, 0.6) is 0 Å². The molecule has 5 nitrogen and oxygen atoms in total. The molecule has 1 saturated carbocycles. The molecule has 0 saturated heterocycles. The van der Waals surface area contributed by atoms with Gasteiger partial charge in [-0.05, 0) is 24.1 Å². The van der Waals surface area contributed by atoms with Crippen molar-refractivity contribution in [3.05, 3.63) is 29.8 Å². The Hall–Kier alpha value is -0.950. The Morgan fingerprint density at radius 1 is 1.47 bits per heavy atom. The lowest BCUT2D eigenvalue weighted by Gasteiger charge is -2.49. The number of primary sulfonamides is 1. The van der Waals surface area contributed by atoms with Gasteiger partial charge in [0.1, 0.15) is 0 Å². The van der Waals surface area contributed by atoms with Crippen molar-refractivity contribution < 1.29 is 13.5 Å². The van der Waals surface area contributed by atoms with E-state index in [2.05, 4.69) is 5.32 Å². The fourth-order valence-electron chi connectivity index (χ4n) is 2.32. The minimum Gasteiger partial charge on any atom is -0.392 e. The number of hydrogen-bond donors (Lipinski definition) is 3. The molecule has 19 heavy (non-hydrogen) atoms. The number of sulfonamides is 1. The Labute approximate surface area is 113 Å². The Morgan fingerprint density at radius 2 is 2.16 bits per heavy atom. The van der Waals surface area contributed by atoms with Crippen LogP contribution in [0.4, 0.5) is 0 Å². The summed E-state index contributed by atoms with van der Waals surface area (Å²) in [6.45, 7) is 4.59. The molecule has 2 atom stereocenters. The zero-order valence-electron chi connectivity index (χ0n) is 11.1. The number of nitrogens with two attached hydrogens (primary N) is 1. The van der Waals surface area contributed by atoms with Crippen LogP contribution in [0.15, 0.2) is 29.2 Å². The molecular formula is C13H20N2O3S. The van der Waals surface area contributed by atoms with Gasteiger partial charge in [0.15, 0.2) is 0 Å². The first kappa shape index (κ1) is 14.5. The molecule has 0 spiro atoms. The fraction of sp³-hybridized carbons (Fsp3) is 0.538. The molecule has 6 heteroatoms. The second-order valence-corrected chi connectivity index (χ2v) is 7.26. The third-order valence-corrected chi connectivity index (χ3v) is 4.91. The van der Waals surface area contributed by atoms with E-state index in [1.807, 2.05) is 19.9 Å². The van der Waals surface area contributed by atoms with Crippen LogP contribution >= 0.6 is 0 Å². The summed E-state index contributed by atoms with van der Waals surface area (Å²) in [5.74, 6) is 0. The molecule has 0 amide bonds. The third kappa shape index (κ3) is 2.97. The van der Waals surface area contributed by atoms with Crippen molar-refractivity contribution in [2.24, 2.45) is 10.6 Å². The molecule has 0 aliphatic heterocycles. The summed E-state index contributed by atoms with van der Waals surface area (Å²) in [7, 11) is -3.65. The van der Waals surface area contributed by atoms with Gasteiger partial charge in [0, 0.05) is 18.0 Å². The first-order chi connectivity index (χ1) is 8.71. The van der Waals surface area contributed by atoms with Gasteiger partial charge in [-0.1, -0.05) is 26.0 Å². The first-order valence-corrected chi connectivity index (χ1v) is 7.79. The van der Waals surface area contributed by atoms with Crippen LogP contribution in [0.1, 0.15) is 25.8 Å². The zero-order valence-corrected chi connectivity index (χ0v) is 11.9. The Morgan fingerprint density at radius 3 is 2.68 bits per heavy atom. The molecule has 0 bridgehead atoms. The largest absolute Gasteiger partial charge is 0.392 e. The minimum atomic E-state index is -3.65. The lowest BCUT2D eigenvalue weighted by Crippen LogP contribution is -2.59. The summed E-state index contributed by atoms with van der Waals surface area (Å²) in [6.07, 6.45) is 0.447. The molecule has 106 valence electrons. The van der Waals surface area contributed by atoms with Crippen molar-refractivity contribution in [3.8, 4) is 0 Å². The van der Waals surface area contributed by atoms with E-state index in [0.717, 1.165) is 12.0 Å². The number of aliphatic hydroxyl groups excluding tert-OH is 1. The Kier molecular flexibility index (Phi) is 3.70. The molecule has 1 aromatic rings. The maximum Gasteiger partial charge on any atom is 0.238 e. The van der Waals surface area contributed by atoms with Crippen LogP contribution in [-0.2, 0) is 16.6 Å². The molecule has 0 heterocycles. The number of aliphatic hydroxyl groups is 1. The third-order valence-electron chi connectivity index (χ3n) is 4.00. The monoisotopic (exact) mass is 284 g/mol. The molecule has 1 aromatic carbocycles. The topological polar surface area (TPSA) is 92.4 Å². The van der Waals surface area contributed by atoms with Gasteiger partial charge in [-0.25, -0.2) is 13.6 Å². The van der Waals surface area contributed by atoms with Gasteiger partial charge in [-0.15, -0.1) is 0 Å². The van der Waals surface area contributed by atoms with Gasteiger partial charge in [-0.3, -0.25) is 0 Å². The SMILES string of the molecule is CC1(C)C(O)CC1NCc1cccc(S(N)(=O)=O)c1. The molecular weight excluding hydrogens is 264 g/mol. The van der Waals surface area contributed by atoms with E-state index in [1.165, 1.54) is 6.07 Å². The Bertz CT molecular complexity index is 569. The van der Waals surface area contributed by atoms with Gasteiger partial charge in [-0.2, -0.15) is 0 Å². The van der Waals surface area contributed by atoms with Crippen LogP contribution in [0.3, 0.4) is 0 Å². The highest BCUT2D eigenvalue weighted by Crippen LogP contribution is 2.40.